The summed E-state index contributed by atoms with van der Waals surface area (Å²) in [4.78, 5) is 14.5. The van der Waals surface area contributed by atoms with Gasteiger partial charge in [0.15, 0.2) is 5.54 Å². The van der Waals surface area contributed by atoms with Crippen LogP contribution in [0, 0.1) is 0 Å². The molecule has 0 atom stereocenters. The molecule has 0 fully saturated rings. The van der Waals surface area contributed by atoms with Crippen molar-refractivity contribution in [3.05, 3.63) is 0 Å². The topological polar surface area (TPSA) is 38.7 Å². The SMILES string of the molecule is CCC1(CC)N=C(C(F)(F)F)OC1=O. The number of hydrogen-bond donors (Lipinski definition) is 0. The quantitative estimate of drug-likeness (QED) is 0.653. The fourth-order valence-electron chi connectivity index (χ4n) is 1.26. The standard InChI is InChI=1S/C8H10F3NO2/c1-3-7(4-2)6(13)14-5(12-7)8(9,10)11/h3-4H2,1-2H3. The van der Waals surface area contributed by atoms with Gasteiger partial charge < -0.3 is 4.74 Å². The van der Waals surface area contributed by atoms with Crippen molar-refractivity contribution in [3.8, 4) is 0 Å². The van der Waals surface area contributed by atoms with Crippen LogP contribution in [0.5, 0.6) is 0 Å². The summed E-state index contributed by atoms with van der Waals surface area (Å²) >= 11 is 0. The first-order valence-electron chi connectivity index (χ1n) is 4.25. The molecule has 0 aliphatic carbocycles. The summed E-state index contributed by atoms with van der Waals surface area (Å²) in [7, 11) is 0. The molecule has 0 unspecified atom stereocenters. The van der Waals surface area contributed by atoms with Gasteiger partial charge in [0.05, 0.1) is 0 Å². The van der Waals surface area contributed by atoms with E-state index in [2.05, 4.69) is 9.73 Å². The van der Waals surface area contributed by atoms with Crippen molar-refractivity contribution in [3.63, 3.8) is 0 Å². The van der Waals surface area contributed by atoms with Gasteiger partial charge in [-0.2, -0.15) is 13.2 Å². The number of ether oxygens (including phenoxy) is 1. The predicted octanol–water partition coefficient (Wildman–Crippen LogP) is 2.06. The summed E-state index contributed by atoms with van der Waals surface area (Å²) in [6.45, 7) is 3.21. The lowest BCUT2D eigenvalue weighted by Crippen LogP contribution is -2.32. The Morgan fingerprint density at radius 2 is 1.86 bits per heavy atom. The highest BCUT2D eigenvalue weighted by Crippen LogP contribution is 2.32. The van der Waals surface area contributed by atoms with Gasteiger partial charge in [-0.15, -0.1) is 0 Å². The fourth-order valence-corrected chi connectivity index (χ4v) is 1.26. The number of esters is 1. The predicted molar refractivity (Wildman–Crippen MR) is 42.9 cm³/mol. The van der Waals surface area contributed by atoms with Gasteiger partial charge in [0.1, 0.15) is 0 Å². The van der Waals surface area contributed by atoms with Crippen molar-refractivity contribution in [1.82, 2.24) is 0 Å². The normalized spacial score (nSPS) is 20.6. The van der Waals surface area contributed by atoms with Crippen LogP contribution in [-0.2, 0) is 9.53 Å². The third kappa shape index (κ3) is 1.60. The Balaban J connectivity index is 3.03. The molecule has 0 spiro atoms. The average molecular weight is 209 g/mol. The first kappa shape index (κ1) is 11.0. The first-order valence-corrected chi connectivity index (χ1v) is 4.25. The molecule has 0 saturated carbocycles. The number of hydrogen-bond acceptors (Lipinski definition) is 3. The van der Waals surface area contributed by atoms with Crippen molar-refractivity contribution in [1.29, 1.82) is 0 Å². The lowest BCUT2D eigenvalue weighted by molar-refractivity contribution is -0.143. The van der Waals surface area contributed by atoms with E-state index in [0.29, 0.717) is 0 Å². The molecule has 0 bridgehead atoms. The second-order valence-corrected chi connectivity index (χ2v) is 3.04. The summed E-state index contributed by atoms with van der Waals surface area (Å²) < 4.78 is 40.5. The Morgan fingerprint density at radius 1 is 1.36 bits per heavy atom. The van der Waals surface area contributed by atoms with Gasteiger partial charge in [-0.3, -0.25) is 0 Å². The Hall–Kier alpha value is -1.07. The van der Waals surface area contributed by atoms with Gasteiger partial charge in [-0.05, 0) is 12.8 Å². The van der Waals surface area contributed by atoms with Crippen LogP contribution in [-0.4, -0.2) is 23.6 Å². The van der Waals surface area contributed by atoms with Crippen LogP contribution in [0.4, 0.5) is 13.2 Å². The van der Waals surface area contributed by atoms with Crippen molar-refractivity contribution >= 4 is 11.9 Å². The summed E-state index contributed by atoms with van der Waals surface area (Å²) in [6.07, 6.45) is -4.26. The van der Waals surface area contributed by atoms with Crippen LogP contribution in [0.15, 0.2) is 4.99 Å². The van der Waals surface area contributed by atoms with E-state index in [9.17, 15) is 18.0 Å². The molecule has 0 aromatic rings. The molecule has 1 heterocycles. The molecule has 0 N–H and O–H groups in total. The minimum Gasteiger partial charge on any atom is -0.401 e. The zero-order valence-electron chi connectivity index (χ0n) is 7.81. The monoisotopic (exact) mass is 209 g/mol. The number of rotatable bonds is 2. The maximum Gasteiger partial charge on any atom is 0.468 e. The van der Waals surface area contributed by atoms with E-state index in [1.165, 1.54) is 0 Å². The van der Waals surface area contributed by atoms with Crippen LogP contribution in [0.2, 0.25) is 0 Å². The number of carbonyl (C=O) groups excluding carboxylic acids is 1. The van der Waals surface area contributed by atoms with Gasteiger partial charge in [-0.25, -0.2) is 9.79 Å². The number of cyclic esters (lactones) is 1. The molecule has 0 saturated heterocycles. The Labute approximate surface area is 79.0 Å². The molecular weight excluding hydrogens is 199 g/mol. The van der Waals surface area contributed by atoms with E-state index in [4.69, 9.17) is 0 Å². The highest BCUT2D eigenvalue weighted by atomic mass is 19.4. The summed E-state index contributed by atoms with van der Waals surface area (Å²) in [5, 5.41) is 0. The maximum absolute atomic E-state index is 12.1. The van der Waals surface area contributed by atoms with Gasteiger partial charge >= 0.3 is 18.0 Å². The third-order valence-electron chi connectivity index (χ3n) is 2.30. The third-order valence-corrected chi connectivity index (χ3v) is 2.30. The smallest absolute Gasteiger partial charge is 0.401 e. The Kier molecular flexibility index (Phi) is 2.56. The van der Waals surface area contributed by atoms with Gasteiger partial charge in [0.25, 0.3) is 0 Å². The van der Waals surface area contributed by atoms with Crippen molar-refractivity contribution < 1.29 is 22.7 Å². The molecular formula is C8H10F3NO2. The molecule has 1 aliphatic rings. The lowest BCUT2D eigenvalue weighted by atomic mass is 9.95. The van der Waals surface area contributed by atoms with Crippen molar-refractivity contribution in [2.24, 2.45) is 4.99 Å². The Bertz CT molecular complexity index is 279. The molecule has 0 aromatic heterocycles. The van der Waals surface area contributed by atoms with E-state index in [0.717, 1.165) is 0 Å². The van der Waals surface area contributed by atoms with Crippen molar-refractivity contribution in [2.45, 2.75) is 38.4 Å². The van der Waals surface area contributed by atoms with Crippen LogP contribution in [0.1, 0.15) is 26.7 Å². The highest BCUT2D eigenvalue weighted by Gasteiger charge is 2.51. The van der Waals surface area contributed by atoms with Gasteiger partial charge in [0, 0.05) is 0 Å². The van der Waals surface area contributed by atoms with E-state index < -0.39 is 23.6 Å². The highest BCUT2D eigenvalue weighted by molar-refractivity contribution is 6.02. The first-order chi connectivity index (χ1) is 6.35. The van der Waals surface area contributed by atoms with Crippen molar-refractivity contribution in [2.75, 3.05) is 0 Å². The van der Waals surface area contributed by atoms with Crippen LogP contribution >= 0.6 is 0 Å². The molecule has 1 rings (SSSR count). The minimum atomic E-state index is -4.68. The van der Waals surface area contributed by atoms with E-state index in [1.807, 2.05) is 0 Å². The van der Waals surface area contributed by atoms with Crippen LogP contribution < -0.4 is 0 Å². The van der Waals surface area contributed by atoms with Crippen LogP contribution in [0.3, 0.4) is 0 Å². The van der Waals surface area contributed by atoms with Gasteiger partial charge in [0.2, 0.25) is 0 Å². The zero-order chi connectivity index (χ0) is 11.0. The molecule has 6 heteroatoms. The second kappa shape index (κ2) is 3.25. The summed E-state index contributed by atoms with van der Waals surface area (Å²) in [5.41, 5.74) is -1.33. The minimum absolute atomic E-state index is 0.210. The number of alkyl halides is 3. The van der Waals surface area contributed by atoms with E-state index in [1.54, 1.807) is 13.8 Å². The number of aliphatic imine (C=N–C) groups is 1. The fraction of sp³-hybridized carbons (Fsp3) is 0.750. The molecule has 14 heavy (non-hydrogen) atoms. The molecule has 0 amide bonds. The largest absolute Gasteiger partial charge is 0.468 e. The molecule has 80 valence electrons. The number of nitrogens with zero attached hydrogens (tertiary/aromatic N) is 1. The van der Waals surface area contributed by atoms with E-state index >= 15 is 0 Å². The molecule has 0 radical (unpaired) electrons. The molecule has 0 aromatic carbocycles. The van der Waals surface area contributed by atoms with Crippen LogP contribution in [0.25, 0.3) is 0 Å². The molecule has 1 aliphatic heterocycles. The Morgan fingerprint density at radius 3 is 2.07 bits per heavy atom. The zero-order valence-corrected chi connectivity index (χ0v) is 7.81. The summed E-state index contributed by atoms with van der Waals surface area (Å²) in [5.74, 6) is -2.33. The van der Waals surface area contributed by atoms with Gasteiger partial charge in [-0.1, -0.05) is 13.8 Å². The number of carbonyl (C=O) groups is 1. The molecule has 3 nitrogen and oxygen atoms in total. The average Bonchev–Trinajstić information content (AvgIpc) is 2.43. The van der Waals surface area contributed by atoms with E-state index in [-0.39, 0.29) is 12.8 Å². The maximum atomic E-state index is 12.1. The lowest BCUT2D eigenvalue weighted by Gasteiger charge is -2.16. The summed E-state index contributed by atoms with van der Waals surface area (Å²) in [6, 6.07) is 0. The second-order valence-electron chi connectivity index (χ2n) is 3.04. The number of halogens is 3.